The van der Waals surface area contributed by atoms with Gasteiger partial charge < -0.3 is 5.73 Å². The molecule has 3 rings (SSSR count). The summed E-state index contributed by atoms with van der Waals surface area (Å²) < 4.78 is 1.18. The van der Waals surface area contributed by atoms with Crippen LogP contribution in [-0.2, 0) is 6.54 Å². The monoisotopic (exact) mass is 337 g/mol. The highest BCUT2D eigenvalue weighted by Gasteiger charge is 2.29. The lowest BCUT2D eigenvalue weighted by atomic mass is 10.0. The summed E-state index contributed by atoms with van der Waals surface area (Å²) in [5, 5.41) is 0. The molecule has 0 bridgehead atoms. The van der Waals surface area contributed by atoms with Gasteiger partial charge in [0.1, 0.15) is 0 Å². The van der Waals surface area contributed by atoms with Gasteiger partial charge in [0.15, 0.2) is 0 Å². The molecule has 2 aliphatic rings. The second kappa shape index (κ2) is 6.56. The summed E-state index contributed by atoms with van der Waals surface area (Å²) in [7, 11) is 0. The summed E-state index contributed by atoms with van der Waals surface area (Å²) in [6, 6.07) is 9.84. The zero-order valence-electron chi connectivity index (χ0n) is 12.0. The Balaban J connectivity index is 1.52. The van der Waals surface area contributed by atoms with Gasteiger partial charge in [-0.1, -0.05) is 28.1 Å². The minimum absolute atomic E-state index is 0.436. The average molecular weight is 338 g/mol. The number of rotatable bonds is 3. The van der Waals surface area contributed by atoms with E-state index in [1.54, 1.807) is 0 Å². The van der Waals surface area contributed by atoms with Crippen LogP contribution in [0.15, 0.2) is 28.7 Å². The van der Waals surface area contributed by atoms with Crippen LogP contribution in [0.2, 0.25) is 0 Å². The zero-order chi connectivity index (χ0) is 13.9. The fourth-order valence-electron chi connectivity index (χ4n) is 3.43. The van der Waals surface area contributed by atoms with Crippen LogP contribution in [0, 0.1) is 0 Å². The van der Waals surface area contributed by atoms with Gasteiger partial charge >= 0.3 is 0 Å². The molecule has 2 saturated heterocycles. The van der Waals surface area contributed by atoms with Gasteiger partial charge in [-0.05, 0) is 50.0 Å². The topological polar surface area (TPSA) is 32.5 Å². The molecule has 0 amide bonds. The van der Waals surface area contributed by atoms with E-state index in [9.17, 15) is 0 Å². The summed E-state index contributed by atoms with van der Waals surface area (Å²) in [6.45, 7) is 5.89. The maximum Gasteiger partial charge on any atom is 0.0235 e. The molecule has 2 fully saturated rings. The number of hydrogen-bond donors (Lipinski definition) is 1. The predicted molar refractivity (Wildman–Crippen MR) is 86.6 cm³/mol. The van der Waals surface area contributed by atoms with E-state index >= 15 is 0 Å². The molecule has 2 heterocycles. The van der Waals surface area contributed by atoms with Crippen molar-refractivity contribution in [1.29, 1.82) is 0 Å². The van der Waals surface area contributed by atoms with Crippen molar-refractivity contribution in [3.8, 4) is 0 Å². The van der Waals surface area contributed by atoms with Gasteiger partial charge in [-0.2, -0.15) is 0 Å². The molecule has 1 atom stereocenters. The number of likely N-dealkylation sites (tertiary alicyclic amines) is 2. The molecule has 3 nitrogen and oxygen atoms in total. The molecule has 4 heteroatoms. The molecule has 2 aliphatic heterocycles. The Labute approximate surface area is 130 Å². The quantitative estimate of drug-likeness (QED) is 0.919. The Kier molecular flexibility index (Phi) is 4.76. The van der Waals surface area contributed by atoms with Gasteiger partial charge in [0.2, 0.25) is 0 Å². The third-order valence-electron chi connectivity index (χ3n) is 4.63. The average Bonchev–Trinajstić information content (AvgIpc) is 2.88. The lowest BCUT2D eigenvalue weighted by Gasteiger charge is -2.34. The Morgan fingerprint density at radius 3 is 2.70 bits per heavy atom. The molecule has 1 aromatic carbocycles. The van der Waals surface area contributed by atoms with E-state index in [1.165, 1.54) is 55.5 Å². The van der Waals surface area contributed by atoms with Crippen LogP contribution in [0.5, 0.6) is 0 Å². The lowest BCUT2D eigenvalue weighted by molar-refractivity contribution is 0.151. The molecule has 0 radical (unpaired) electrons. The maximum atomic E-state index is 6.00. The fraction of sp³-hybridized carbons (Fsp3) is 0.625. The molecular weight excluding hydrogens is 314 g/mol. The summed E-state index contributed by atoms with van der Waals surface area (Å²) in [5.41, 5.74) is 7.40. The van der Waals surface area contributed by atoms with Crippen molar-refractivity contribution in [2.24, 2.45) is 5.73 Å². The maximum absolute atomic E-state index is 6.00. The van der Waals surface area contributed by atoms with Crippen molar-refractivity contribution < 1.29 is 0 Å². The van der Waals surface area contributed by atoms with Crippen LogP contribution in [0.4, 0.5) is 0 Å². The van der Waals surface area contributed by atoms with Gasteiger partial charge in [0, 0.05) is 36.2 Å². The Morgan fingerprint density at radius 1 is 1.15 bits per heavy atom. The molecule has 2 N–H and O–H groups in total. The van der Waals surface area contributed by atoms with Crippen LogP contribution in [0.3, 0.4) is 0 Å². The molecule has 0 aromatic heterocycles. The van der Waals surface area contributed by atoms with E-state index in [-0.39, 0.29) is 0 Å². The SMILES string of the molecule is NC1CCN(C2CCN(Cc3cccc(Br)c3)C2)CC1. The first-order chi connectivity index (χ1) is 9.70. The largest absolute Gasteiger partial charge is 0.328 e. The second-order valence-electron chi connectivity index (χ2n) is 6.18. The van der Waals surface area contributed by atoms with Crippen LogP contribution in [0.1, 0.15) is 24.8 Å². The van der Waals surface area contributed by atoms with Crippen molar-refractivity contribution >= 4 is 15.9 Å². The fourth-order valence-corrected chi connectivity index (χ4v) is 3.88. The zero-order valence-corrected chi connectivity index (χ0v) is 13.6. The third kappa shape index (κ3) is 3.61. The van der Waals surface area contributed by atoms with Crippen molar-refractivity contribution in [3.63, 3.8) is 0 Å². The van der Waals surface area contributed by atoms with Crippen LogP contribution < -0.4 is 5.73 Å². The van der Waals surface area contributed by atoms with E-state index < -0.39 is 0 Å². The first kappa shape index (κ1) is 14.5. The van der Waals surface area contributed by atoms with Gasteiger partial charge in [0.25, 0.3) is 0 Å². The molecule has 20 heavy (non-hydrogen) atoms. The molecular formula is C16H24BrN3. The molecule has 110 valence electrons. The third-order valence-corrected chi connectivity index (χ3v) is 5.13. The van der Waals surface area contributed by atoms with Gasteiger partial charge in [-0.15, -0.1) is 0 Å². The van der Waals surface area contributed by atoms with Gasteiger partial charge in [0.05, 0.1) is 0 Å². The summed E-state index contributed by atoms with van der Waals surface area (Å²) in [4.78, 5) is 5.24. The Hall–Kier alpha value is -0.420. The second-order valence-corrected chi connectivity index (χ2v) is 7.10. The van der Waals surface area contributed by atoms with E-state index in [0.717, 1.165) is 12.6 Å². The van der Waals surface area contributed by atoms with E-state index in [2.05, 4.69) is 50.0 Å². The number of piperidine rings is 1. The minimum atomic E-state index is 0.436. The van der Waals surface area contributed by atoms with Crippen LogP contribution in [0.25, 0.3) is 0 Å². The first-order valence-electron chi connectivity index (χ1n) is 7.67. The van der Waals surface area contributed by atoms with Crippen molar-refractivity contribution in [2.45, 2.75) is 37.9 Å². The Morgan fingerprint density at radius 2 is 1.95 bits per heavy atom. The van der Waals surface area contributed by atoms with E-state index in [0.29, 0.717) is 6.04 Å². The molecule has 0 aliphatic carbocycles. The number of halogens is 1. The van der Waals surface area contributed by atoms with E-state index in [1.807, 2.05) is 0 Å². The Bertz CT molecular complexity index is 443. The van der Waals surface area contributed by atoms with E-state index in [4.69, 9.17) is 5.73 Å². The normalized spacial score (nSPS) is 26.2. The molecule has 1 aromatic rings. The number of nitrogens with zero attached hydrogens (tertiary/aromatic N) is 2. The number of hydrogen-bond acceptors (Lipinski definition) is 3. The predicted octanol–water partition coefficient (Wildman–Crippen LogP) is 2.45. The minimum Gasteiger partial charge on any atom is -0.328 e. The number of nitrogens with two attached hydrogens (primary N) is 1. The molecule has 1 unspecified atom stereocenters. The highest BCUT2D eigenvalue weighted by Crippen LogP contribution is 2.22. The van der Waals surface area contributed by atoms with Crippen molar-refractivity contribution in [1.82, 2.24) is 9.80 Å². The molecule has 0 spiro atoms. The van der Waals surface area contributed by atoms with Gasteiger partial charge in [-0.3, -0.25) is 9.80 Å². The highest BCUT2D eigenvalue weighted by atomic mass is 79.9. The van der Waals surface area contributed by atoms with Crippen molar-refractivity contribution in [3.05, 3.63) is 34.3 Å². The molecule has 0 saturated carbocycles. The highest BCUT2D eigenvalue weighted by molar-refractivity contribution is 9.10. The smallest absolute Gasteiger partial charge is 0.0235 e. The lowest BCUT2D eigenvalue weighted by Crippen LogP contribution is -2.46. The van der Waals surface area contributed by atoms with Crippen LogP contribution >= 0.6 is 15.9 Å². The van der Waals surface area contributed by atoms with Crippen molar-refractivity contribution in [2.75, 3.05) is 26.2 Å². The number of benzene rings is 1. The summed E-state index contributed by atoms with van der Waals surface area (Å²) in [5.74, 6) is 0. The standard InChI is InChI=1S/C16H24BrN3/c17-14-3-1-2-13(10-14)11-19-7-6-16(12-19)20-8-4-15(18)5-9-20/h1-3,10,15-16H,4-9,11-12,18H2. The van der Waals surface area contributed by atoms with Gasteiger partial charge in [-0.25, -0.2) is 0 Å². The first-order valence-corrected chi connectivity index (χ1v) is 8.46. The van der Waals surface area contributed by atoms with Crippen LogP contribution in [-0.4, -0.2) is 48.1 Å². The summed E-state index contributed by atoms with van der Waals surface area (Å²) in [6.07, 6.45) is 3.65. The summed E-state index contributed by atoms with van der Waals surface area (Å²) >= 11 is 3.55.